The van der Waals surface area contributed by atoms with Gasteiger partial charge < -0.3 is 4.57 Å². The summed E-state index contributed by atoms with van der Waals surface area (Å²) in [5.41, 5.74) is 3.45. The molecule has 0 unspecified atom stereocenters. The van der Waals surface area contributed by atoms with E-state index in [9.17, 15) is 0 Å². The van der Waals surface area contributed by atoms with Crippen molar-refractivity contribution in [3.63, 3.8) is 0 Å². The predicted molar refractivity (Wildman–Crippen MR) is 115 cm³/mol. The second-order valence-corrected chi connectivity index (χ2v) is 8.74. The van der Waals surface area contributed by atoms with E-state index in [-0.39, 0.29) is 0 Å². The summed E-state index contributed by atoms with van der Waals surface area (Å²) in [7, 11) is 0. The minimum atomic E-state index is 0.744. The van der Waals surface area contributed by atoms with Gasteiger partial charge in [-0.1, -0.05) is 56.0 Å². The lowest BCUT2D eigenvalue weighted by molar-refractivity contribution is 0.397. The monoisotopic (exact) mass is 388 g/mol. The summed E-state index contributed by atoms with van der Waals surface area (Å²) in [6.45, 7) is 1.05. The minimum absolute atomic E-state index is 0.744. The third kappa shape index (κ3) is 3.47. The molecule has 1 aromatic carbocycles. The number of imidazole rings is 1. The van der Waals surface area contributed by atoms with Gasteiger partial charge >= 0.3 is 0 Å². The highest BCUT2D eigenvalue weighted by Crippen LogP contribution is 2.38. The van der Waals surface area contributed by atoms with Crippen LogP contribution in [0.2, 0.25) is 0 Å². The van der Waals surface area contributed by atoms with Crippen LogP contribution < -0.4 is 0 Å². The number of nitrogens with zero attached hydrogens (tertiary/aromatic N) is 4. The average molecular weight is 389 g/mol. The molecule has 142 valence electrons. The summed E-state index contributed by atoms with van der Waals surface area (Å²) in [6, 6.07) is 12.7. The molecule has 4 nitrogen and oxygen atoms in total. The highest BCUT2D eigenvalue weighted by Gasteiger charge is 2.20. The van der Waals surface area contributed by atoms with Crippen molar-refractivity contribution in [2.24, 2.45) is 5.92 Å². The molecule has 5 rings (SSSR count). The average Bonchev–Trinajstić information content (AvgIpc) is 3.25. The van der Waals surface area contributed by atoms with E-state index >= 15 is 0 Å². The van der Waals surface area contributed by atoms with Crippen LogP contribution in [0.3, 0.4) is 0 Å². The van der Waals surface area contributed by atoms with E-state index in [0.29, 0.717) is 0 Å². The molecule has 0 saturated heterocycles. The Morgan fingerprint density at radius 2 is 1.82 bits per heavy atom. The molecule has 1 aliphatic carbocycles. The molecule has 0 atom stereocenters. The zero-order chi connectivity index (χ0) is 18.8. The van der Waals surface area contributed by atoms with E-state index in [1.807, 2.05) is 12.5 Å². The van der Waals surface area contributed by atoms with Gasteiger partial charge in [0, 0.05) is 23.7 Å². The fourth-order valence-corrected chi connectivity index (χ4v) is 5.35. The van der Waals surface area contributed by atoms with E-state index in [1.165, 1.54) is 54.7 Å². The number of fused-ring (bicyclic) bond motifs is 1. The van der Waals surface area contributed by atoms with Crippen molar-refractivity contribution in [1.82, 2.24) is 19.5 Å². The van der Waals surface area contributed by atoms with Gasteiger partial charge in [-0.25, -0.2) is 15.0 Å². The molecule has 28 heavy (non-hydrogen) atoms. The van der Waals surface area contributed by atoms with Gasteiger partial charge in [-0.3, -0.25) is 0 Å². The van der Waals surface area contributed by atoms with Crippen molar-refractivity contribution in [1.29, 1.82) is 0 Å². The van der Waals surface area contributed by atoms with Crippen LogP contribution >= 0.6 is 11.3 Å². The number of thiophene rings is 1. The molecule has 4 aromatic rings. The molecular weight excluding hydrogens is 364 g/mol. The van der Waals surface area contributed by atoms with Crippen molar-refractivity contribution in [3.8, 4) is 21.8 Å². The zero-order valence-corrected chi connectivity index (χ0v) is 16.7. The van der Waals surface area contributed by atoms with E-state index in [0.717, 1.165) is 28.4 Å². The van der Waals surface area contributed by atoms with Crippen LogP contribution in [0.25, 0.3) is 32.0 Å². The van der Waals surface area contributed by atoms with Crippen molar-refractivity contribution in [2.75, 3.05) is 0 Å². The van der Waals surface area contributed by atoms with Gasteiger partial charge in [-0.05, 0) is 24.8 Å². The third-order valence-corrected chi connectivity index (χ3v) is 6.81. The normalized spacial score (nSPS) is 15.7. The van der Waals surface area contributed by atoms with Gasteiger partial charge in [0.2, 0.25) is 0 Å². The number of aromatic nitrogens is 4. The van der Waals surface area contributed by atoms with Gasteiger partial charge in [0.05, 0.1) is 22.6 Å². The van der Waals surface area contributed by atoms with Crippen molar-refractivity contribution in [3.05, 3.63) is 55.2 Å². The first-order valence-corrected chi connectivity index (χ1v) is 11.0. The van der Waals surface area contributed by atoms with Crippen LogP contribution in [0.5, 0.6) is 0 Å². The van der Waals surface area contributed by atoms with Crippen LogP contribution in [0.4, 0.5) is 0 Å². The summed E-state index contributed by atoms with van der Waals surface area (Å²) < 4.78 is 2.39. The molecule has 0 spiro atoms. The highest BCUT2D eigenvalue weighted by molar-refractivity contribution is 7.21. The molecule has 3 heterocycles. The Labute approximate surface area is 169 Å². The number of rotatable bonds is 4. The van der Waals surface area contributed by atoms with Gasteiger partial charge in [0.15, 0.2) is 0 Å². The lowest BCUT2D eigenvalue weighted by Crippen LogP contribution is -2.10. The van der Waals surface area contributed by atoms with Gasteiger partial charge in [-0.15, -0.1) is 11.3 Å². The summed E-state index contributed by atoms with van der Waals surface area (Å²) in [6.07, 6.45) is 13.7. The second-order valence-electron chi connectivity index (χ2n) is 7.71. The Balaban J connectivity index is 1.60. The maximum atomic E-state index is 4.86. The first kappa shape index (κ1) is 17.6. The summed E-state index contributed by atoms with van der Waals surface area (Å²) >= 11 is 1.73. The lowest BCUT2D eigenvalue weighted by Gasteiger charge is -2.17. The first-order chi connectivity index (χ1) is 13.9. The van der Waals surface area contributed by atoms with Gasteiger partial charge in [0.1, 0.15) is 11.2 Å². The van der Waals surface area contributed by atoms with E-state index in [4.69, 9.17) is 4.98 Å². The second kappa shape index (κ2) is 7.84. The van der Waals surface area contributed by atoms with Crippen LogP contribution in [-0.4, -0.2) is 19.5 Å². The van der Waals surface area contributed by atoms with Gasteiger partial charge in [0.25, 0.3) is 0 Å². The predicted octanol–water partition coefficient (Wildman–Crippen LogP) is 6.19. The molecule has 5 heteroatoms. The van der Waals surface area contributed by atoms with Crippen LogP contribution in [0.15, 0.2) is 55.2 Å². The van der Waals surface area contributed by atoms with Gasteiger partial charge in [-0.2, -0.15) is 0 Å². The lowest BCUT2D eigenvalue weighted by atomic mass is 10.00. The van der Waals surface area contributed by atoms with Crippen LogP contribution in [0, 0.1) is 5.92 Å². The molecule has 1 saturated carbocycles. The molecular formula is C23H24N4S. The summed E-state index contributed by atoms with van der Waals surface area (Å²) in [5, 5.41) is 1.10. The summed E-state index contributed by atoms with van der Waals surface area (Å²) in [4.78, 5) is 15.7. The fraction of sp³-hybridized carbons (Fsp3) is 0.348. The standard InChI is InChI=1S/C23H24N4S/c1-2-5-9-17(8-4-1)14-27-16-26-21(18-10-6-3-7-11-18)22(27)20-12-19-13-24-15-25-23(19)28-20/h3,6-7,10-13,15-17H,1-2,4-5,8-9,14H2. The topological polar surface area (TPSA) is 43.6 Å². The van der Waals surface area contributed by atoms with Crippen LogP contribution in [-0.2, 0) is 6.54 Å². The zero-order valence-electron chi connectivity index (χ0n) is 15.9. The fourth-order valence-electron chi connectivity index (χ4n) is 4.32. The molecule has 1 fully saturated rings. The maximum absolute atomic E-state index is 4.86. The number of hydrogen-bond donors (Lipinski definition) is 0. The molecule has 0 aliphatic heterocycles. The highest BCUT2D eigenvalue weighted by atomic mass is 32.1. The third-order valence-electron chi connectivity index (χ3n) is 5.74. The smallest absolute Gasteiger partial charge is 0.127 e. The van der Waals surface area contributed by atoms with Crippen molar-refractivity contribution in [2.45, 2.75) is 45.1 Å². The Morgan fingerprint density at radius 3 is 2.61 bits per heavy atom. The van der Waals surface area contributed by atoms with E-state index in [1.54, 1.807) is 17.7 Å². The largest absolute Gasteiger partial charge is 0.329 e. The van der Waals surface area contributed by atoms with Crippen molar-refractivity contribution >= 4 is 21.6 Å². The van der Waals surface area contributed by atoms with Crippen LogP contribution in [0.1, 0.15) is 38.5 Å². The minimum Gasteiger partial charge on any atom is -0.329 e. The molecule has 0 bridgehead atoms. The van der Waals surface area contributed by atoms with E-state index in [2.05, 4.69) is 50.9 Å². The molecule has 0 N–H and O–H groups in total. The van der Waals surface area contributed by atoms with Crippen molar-refractivity contribution < 1.29 is 0 Å². The maximum Gasteiger partial charge on any atom is 0.127 e. The molecule has 3 aromatic heterocycles. The van der Waals surface area contributed by atoms with E-state index < -0.39 is 0 Å². The Bertz CT molecular complexity index is 1030. The molecule has 1 aliphatic rings. The SMILES string of the molecule is c1ccc(-c2ncn(CC3CCCCCC3)c2-c2cc3cncnc3s2)cc1. The first-order valence-electron chi connectivity index (χ1n) is 10.2. The Morgan fingerprint density at radius 1 is 1.00 bits per heavy atom. The number of hydrogen-bond acceptors (Lipinski definition) is 4. The number of benzene rings is 1. The summed E-state index contributed by atoms with van der Waals surface area (Å²) in [5.74, 6) is 0.744. The Kier molecular flexibility index (Phi) is 4.92. The quantitative estimate of drug-likeness (QED) is 0.391. The Hall–Kier alpha value is -2.53. The molecule has 0 radical (unpaired) electrons. The molecule has 0 amide bonds.